The van der Waals surface area contributed by atoms with Crippen LogP contribution in [0.4, 0.5) is 0 Å². The van der Waals surface area contributed by atoms with Gasteiger partial charge in [-0.25, -0.2) is 0 Å². The van der Waals surface area contributed by atoms with Crippen molar-refractivity contribution in [1.29, 1.82) is 0 Å². The van der Waals surface area contributed by atoms with E-state index in [0.717, 1.165) is 18.7 Å². The molecule has 1 aliphatic heterocycles. The van der Waals surface area contributed by atoms with Crippen molar-refractivity contribution in [2.75, 3.05) is 19.7 Å². The van der Waals surface area contributed by atoms with Gasteiger partial charge in [0, 0.05) is 17.1 Å². The van der Waals surface area contributed by atoms with Gasteiger partial charge in [0.25, 0.3) is 0 Å². The van der Waals surface area contributed by atoms with Crippen LogP contribution < -0.4 is 5.32 Å². The van der Waals surface area contributed by atoms with Crippen LogP contribution >= 0.6 is 23.2 Å². The van der Waals surface area contributed by atoms with Crippen molar-refractivity contribution in [3.05, 3.63) is 33.8 Å². The summed E-state index contributed by atoms with van der Waals surface area (Å²) < 4.78 is 11.3. The van der Waals surface area contributed by atoms with Gasteiger partial charge in [0.15, 0.2) is 6.29 Å². The molecule has 1 saturated heterocycles. The molecule has 3 nitrogen and oxygen atoms in total. The Hall–Kier alpha value is -0.320. The van der Waals surface area contributed by atoms with E-state index in [0.29, 0.717) is 16.7 Å². The van der Waals surface area contributed by atoms with Gasteiger partial charge in [-0.2, -0.15) is 0 Å². The van der Waals surface area contributed by atoms with E-state index < -0.39 is 0 Å². The minimum atomic E-state index is -0.386. The largest absolute Gasteiger partial charge is 0.346 e. The summed E-state index contributed by atoms with van der Waals surface area (Å²) in [7, 11) is 0. The van der Waals surface area contributed by atoms with Gasteiger partial charge in [0.2, 0.25) is 0 Å². The summed E-state index contributed by atoms with van der Waals surface area (Å²) in [5.74, 6) is 0. The van der Waals surface area contributed by atoms with Crippen molar-refractivity contribution < 1.29 is 9.47 Å². The summed E-state index contributed by atoms with van der Waals surface area (Å²) >= 11 is 11.9. The van der Waals surface area contributed by atoms with Crippen molar-refractivity contribution in [1.82, 2.24) is 5.32 Å². The van der Waals surface area contributed by atoms with Crippen LogP contribution in [0.3, 0.4) is 0 Å². The minimum absolute atomic E-state index is 0.0756. The quantitative estimate of drug-likeness (QED) is 0.917. The zero-order valence-corrected chi connectivity index (χ0v) is 11.1. The smallest absolute Gasteiger partial charge is 0.185 e. The van der Waals surface area contributed by atoms with Gasteiger partial charge in [0.1, 0.15) is 0 Å². The van der Waals surface area contributed by atoms with Crippen LogP contribution in [-0.2, 0) is 9.47 Å². The highest BCUT2D eigenvalue weighted by molar-refractivity contribution is 6.35. The van der Waals surface area contributed by atoms with Crippen LogP contribution in [0, 0.1) is 0 Å². The van der Waals surface area contributed by atoms with Gasteiger partial charge in [0.05, 0.1) is 17.7 Å². The molecule has 1 fully saturated rings. The lowest BCUT2D eigenvalue weighted by Crippen LogP contribution is -2.28. The van der Waals surface area contributed by atoms with Crippen LogP contribution in [0.15, 0.2) is 18.2 Å². The predicted octanol–water partition coefficient (Wildman–Crippen LogP) is 3.02. The third-order valence-electron chi connectivity index (χ3n) is 2.59. The van der Waals surface area contributed by atoms with E-state index in [4.69, 9.17) is 32.7 Å². The number of ether oxygens (including phenoxy) is 2. The number of likely N-dealkylation sites (N-methyl/N-ethyl adjacent to an activating group) is 1. The van der Waals surface area contributed by atoms with Crippen molar-refractivity contribution in [2.45, 2.75) is 19.3 Å². The van der Waals surface area contributed by atoms with Crippen LogP contribution in [0.1, 0.15) is 18.8 Å². The molecule has 2 rings (SSSR count). The lowest BCUT2D eigenvalue weighted by molar-refractivity contribution is -0.0594. The fraction of sp³-hybridized carbons (Fsp3) is 0.500. The highest BCUT2D eigenvalue weighted by atomic mass is 35.5. The van der Waals surface area contributed by atoms with Crippen LogP contribution in [0.5, 0.6) is 0 Å². The molecule has 0 spiro atoms. The Morgan fingerprint density at radius 3 is 2.94 bits per heavy atom. The SMILES string of the molecule is CCNCC1COC(c2ccc(Cl)cc2Cl)O1. The van der Waals surface area contributed by atoms with Gasteiger partial charge >= 0.3 is 0 Å². The molecule has 17 heavy (non-hydrogen) atoms. The number of rotatable bonds is 4. The number of hydrogen-bond acceptors (Lipinski definition) is 3. The summed E-state index contributed by atoms with van der Waals surface area (Å²) in [4.78, 5) is 0. The fourth-order valence-corrected chi connectivity index (χ4v) is 2.21. The Bertz CT molecular complexity index is 387. The normalized spacial score (nSPS) is 24.2. The van der Waals surface area contributed by atoms with E-state index in [-0.39, 0.29) is 12.4 Å². The lowest BCUT2D eigenvalue weighted by atomic mass is 10.2. The molecular weight excluding hydrogens is 261 g/mol. The number of halogens is 2. The number of nitrogens with one attached hydrogen (secondary N) is 1. The van der Waals surface area contributed by atoms with E-state index in [1.54, 1.807) is 12.1 Å². The molecule has 0 radical (unpaired) electrons. The molecular formula is C12H15Cl2NO2. The minimum Gasteiger partial charge on any atom is -0.346 e. The van der Waals surface area contributed by atoms with E-state index in [2.05, 4.69) is 12.2 Å². The first kappa shape index (κ1) is 13.1. The Kier molecular flexibility index (Phi) is 4.65. The molecule has 0 amide bonds. The van der Waals surface area contributed by atoms with E-state index >= 15 is 0 Å². The molecule has 1 aliphatic rings. The Labute approximate surface area is 111 Å². The molecule has 0 saturated carbocycles. The second kappa shape index (κ2) is 6.03. The van der Waals surface area contributed by atoms with Gasteiger partial charge in [-0.05, 0) is 18.7 Å². The molecule has 1 heterocycles. The first-order valence-electron chi connectivity index (χ1n) is 5.63. The molecule has 5 heteroatoms. The molecule has 1 aromatic carbocycles. The van der Waals surface area contributed by atoms with Gasteiger partial charge in [-0.3, -0.25) is 0 Å². The maximum atomic E-state index is 6.10. The van der Waals surface area contributed by atoms with Crippen molar-refractivity contribution in [3.8, 4) is 0 Å². The highest BCUT2D eigenvalue weighted by Gasteiger charge is 2.28. The van der Waals surface area contributed by atoms with Crippen LogP contribution in [0.2, 0.25) is 10.0 Å². The second-order valence-electron chi connectivity index (χ2n) is 3.90. The summed E-state index contributed by atoms with van der Waals surface area (Å²) in [6.45, 7) is 4.35. The predicted molar refractivity (Wildman–Crippen MR) is 68.6 cm³/mol. The third kappa shape index (κ3) is 3.33. The summed E-state index contributed by atoms with van der Waals surface area (Å²) in [5, 5.41) is 4.41. The lowest BCUT2D eigenvalue weighted by Gasteiger charge is -2.13. The molecule has 0 aliphatic carbocycles. The summed E-state index contributed by atoms with van der Waals surface area (Å²) in [6, 6.07) is 5.32. The van der Waals surface area contributed by atoms with E-state index in [1.165, 1.54) is 0 Å². The Morgan fingerprint density at radius 1 is 1.41 bits per heavy atom. The molecule has 0 bridgehead atoms. The molecule has 2 unspecified atom stereocenters. The monoisotopic (exact) mass is 275 g/mol. The van der Waals surface area contributed by atoms with E-state index in [1.807, 2.05) is 6.07 Å². The first-order chi connectivity index (χ1) is 8.20. The average molecular weight is 276 g/mol. The van der Waals surface area contributed by atoms with Gasteiger partial charge in [-0.1, -0.05) is 36.2 Å². The molecule has 2 atom stereocenters. The third-order valence-corrected chi connectivity index (χ3v) is 3.15. The molecule has 94 valence electrons. The maximum absolute atomic E-state index is 6.10. The van der Waals surface area contributed by atoms with Crippen molar-refractivity contribution >= 4 is 23.2 Å². The number of hydrogen-bond donors (Lipinski definition) is 1. The average Bonchev–Trinajstić information content (AvgIpc) is 2.75. The fourth-order valence-electron chi connectivity index (χ4n) is 1.72. The maximum Gasteiger partial charge on any atom is 0.185 e. The standard InChI is InChI=1S/C12H15Cl2NO2/c1-2-15-6-9-7-16-12(17-9)10-4-3-8(13)5-11(10)14/h3-5,9,12,15H,2,6-7H2,1H3. The van der Waals surface area contributed by atoms with Crippen molar-refractivity contribution in [3.63, 3.8) is 0 Å². The second-order valence-corrected chi connectivity index (χ2v) is 4.74. The van der Waals surface area contributed by atoms with Crippen molar-refractivity contribution in [2.24, 2.45) is 0 Å². The topological polar surface area (TPSA) is 30.5 Å². The zero-order chi connectivity index (χ0) is 12.3. The zero-order valence-electron chi connectivity index (χ0n) is 9.58. The van der Waals surface area contributed by atoms with Crippen LogP contribution in [-0.4, -0.2) is 25.8 Å². The van der Waals surface area contributed by atoms with Crippen LogP contribution in [0.25, 0.3) is 0 Å². The Morgan fingerprint density at radius 2 is 2.24 bits per heavy atom. The van der Waals surface area contributed by atoms with E-state index in [9.17, 15) is 0 Å². The Balaban J connectivity index is 2.00. The highest BCUT2D eigenvalue weighted by Crippen LogP contribution is 2.33. The molecule has 0 aromatic heterocycles. The van der Waals surface area contributed by atoms with Gasteiger partial charge < -0.3 is 14.8 Å². The summed E-state index contributed by atoms with van der Waals surface area (Å²) in [5.41, 5.74) is 0.829. The molecule has 1 aromatic rings. The number of benzene rings is 1. The van der Waals surface area contributed by atoms with Gasteiger partial charge in [-0.15, -0.1) is 0 Å². The summed E-state index contributed by atoms with van der Waals surface area (Å²) in [6.07, 6.45) is -0.310. The first-order valence-corrected chi connectivity index (χ1v) is 6.39. The molecule has 1 N–H and O–H groups in total.